The summed E-state index contributed by atoms with van der Waals surface area (Å²) in [5, 5.41) is 14.2. The molecule has 0 saturated heterocycles. The van der Waals surface area contributed by atoms with E-state index < -0.39 is 0 Å². The number of hydrogen-bond acceptors (Lipinski definition) is 3. The van der Waals surface area contributed by atoms with Gasteiger partial charge in [0.15, 0.2) is 0 Å². The number of nitro groups is 1. The molecule has 104 valence electrons. The Labute approximate surface area is 126 Å². The second-order valence-corrected chi connectivity index (χ2v) is 5.36. The summed E-state index contributed by atoms with van der Waals surface area (Å²) < 4.78 is 0.720. The SMILES string of the molecule is O=[N+]([O-])c1cc(Br)ccc1CNCCc1ccccc1. The lowest BCUT2D eigenvalue weighted by molar-refractivity contribution is -0.385. The van der Waals surface area contributed by atoms with Crippen molar-refractivity contribution in [3.63, 3.8) is 0 Å². The molecule has 2 rings (SSSR count). The molecule has 0 saturated carbocycles. The van der Waals surface area contributed by atoms with E-state index >= 15 is 0 Å². The van der Waals surface area contributed by atoms with E-state index in [0.29, 0.717) is 12.1 Å². The van der Waals surface area contributed by atoms with Crippen molar-refractivity contribution >= 4 is 21.6 Å². The van der Waals surface area contributed by atoms with Crippen LogP contribution in [0.25, 0.3) is 0 Å². The average Bonchev–Trinajstić information content (AvgIpc) is 2.45. The number of nitrogens with one attached hydrogen (secondary N) is 1. The largest absolute Gasteiger partial charge is 0.312 e. The van der Waals surface area contributed by atoms with E-state index in [1.54, 1.807) is 6.07 Å². The maximum Gasteiger partial charge on any atom is 0.275 e. The van der Waals surface area contributed by atoms with Gasteiger partial charge in [-0.15, -0.1) is 0 Å². The predicted molar refractivity (Wildman–Crippen MR) is 82.6 cm³/mol. The van der Waals surface area contributed by atoms with E-state index in [-0.39, 0.29) is 10.6 Å². The number of halogens is 1. The van der Waals surface area contributed by atoms with Crippen LogP contribution in [-0.2, 0) is 13.0 Å². The van der Waals surface area contributed by atoms with Gasteiger partial charge in [-0.3, -0.25) is 10.1 Å². The van der Waals surface area contributed by atoms with Crippen molar-refractivity contribution < 1.29 is 4.92 Å². The third-order valence-electron chi connectivity index (χ3n) is 2.99. The third-order valence-corrected chi connectivity index (χ3v) is 3.49. The Kier molecular flexibility index (Phi) is 5.26. The normalized spacial score (nSPS) is 10.4. The van der Waals surface area contributed by atoms with Crippen LogP contribution in [0.5, 0.6) is 0 Å². The molecule has 0 aliphatic carbocycles. The van der Waals surface area contributed by atoms with Crippen LogP contribution in [0.15, 0.2) is 53.0 Å². The highest BCUT2D eigenvalue weighted by Crippen LogP contribution is 2.23. The van der Waals surface area contributed by atoms with Gasteiger partial charge in [-0.2, -0.15) is 0 Å². The number of nitro benzene ring substituents is 1. The highest BCUT2D eigenvalue weighted by molar-refractivity contribution is 9.10. The fourth-order valence-electron chi connectivity index (χ4n) is 1.96. The van der Waals surface area contributed by atoms with E-state index in [1.165, 1.54) is 11.6 Å². The average molecular weight is 335 g/mol. The van der Waals surface area contributed by atoms with Crippen LogP contribution in [-0.4, -0.2) is 11.5 Å². The van der Waals surface area contributed by atoms with E-state index in [0.717, 1.165) is 17.4 Å². The molecule has 2 aromatic carbocycles. The minimum Gasteiger partial charge on any atom is -0.312 e. The monoisotopic (exact) mass is 334 g/mol. The summed E-state index contributed by atoms with van der Waals surface area (Å²) in [6.45, 7) is 1.29. The Morgan fingerprint density at radius 2 is 1.90 bits per heavy atom. The van der Waals surface area contributed by atoms with Gasteiger partial charge in [0.1, 0.15) is 0 Å². The summed E-state index contributed by atoms with van der Waals surface area (Å²) >= 11 is 3.25. The molecule has 0 bridgehead atoms. The third kappa shape index (κ3) is 4.15. The standard InChI is InChI=1S/C15H15BrN2O2/c16-14-7-6-13(15(10-14)18(19)20)11-17-9-8-12-4-2-1-3-5-12/h1-7,10,17H,8-9,11H2. The molecular formula is C15H15BrN2O2. The molecule has 0 unspecified atom stereocenters. The van der Waals surface area contributed by atoms with Gasteiger partial charge in [0.2, 0.25) is 0 Å². The fraction of sp³-hybridized carbons (Fsp3) is 0.200. The number of nitrogens with zero attached hydrogens (tertiary/aromatic N) is 1. The molecule has 0 aliphatic rings. The molecule has 0 fully saturated rings. The summed E-state index contributed by atoms with van der Waals surface area (Å²) in [4.78, 5) is 10.6. The van der Waals surface area contributed by atoms with Crippen molar-refractivity contribution in [2.24, 2.45) is 0 Å². The predicted octanol–water partition coefficient (Wildman–Crippen LogP) is 3.69. The second-order valence-electron chi connectivity index (χ2n) is 4.44. The van der Waals surface area contributed by atoms with Crippen LogP contribution in [0.3, 0.4) is 0 Å². The molecule has 0 spiro atoms. The smallest absolute Gasteiger partial charge is 0.275 e. The first kappa shape index (κ1) is 14.7. The molecule has 0 heterocycles. The molecule has 0 radical (unpaired) electrons. The number of rotatable bonds is 6. The van der Waals surface area contributed by atoms with Crippen molar-refractivity contribution in [2.45, 2.75) is 13.0 Å². The quantitative estimate of drug-likeness (QED) is 0.498. The molecular weight excluding hydrogens is 320 g/mol. The van der Waals surface area contributed by atoms with Crippen molar-refractivity contribution in [2.75, 3.05) is 6.54 Å². The molecule has 1 N–H and O–H groups in total. The molecule has 5 heteroatoms. The van der Waals surface area contributed by atoms with Gasteiger partial charge in [-0.25, -0.2) is 0 Å². The number of benzene rings is 2. The minimum absolute atomic E-state index is 0.145. The van der Waals surface area contributed by atoms with Gasteiger partial charge < -0.3 is 5.32 Å². The van der Waals surface area contributed by atoms with E-state index in [2.05, 4.69) is 33.4 Å². The maximum atomic E-state index is 11.0. The van der Waals surface area contributed by atoms with Crippen molar-refractivity contribution in [3.05, 3.63) is 74.2 Å². The van der Waals surface area contributed by atoms with Gasteiger partial charge >= 0.3 is 0 Å². The summed E-state index contributed by atoms with van der Waals surface area (Å²) in [5.74, 6) is 0. The van der Waals surface area contributed by atoms with Crippen LogP contribution in [0.2, 0.25) is 0 Å². The topological polar surface area (TPSA) is 55.2 Å². The summed E-state index contributed by atoms with van der Waals surface area (Å²) in [6, 6.07) is 15.3. The van der Waals surface area contributed by atoms with E-state index in [9.17, 15) is 10.1 Å². The second kappa shape index (κ2) is 7.17. The maximum absolute atomic E-state index is 11.0. The molecule has 0 atom stereocenters. The Balaban J connectivity index is 1.90. The molecule has 2 aromatic rings. The van der Waals surface area contributed by atoms with Crippen molar-refractivity contribution in [3.8, 4) is 0 Å². The van der Waals surface area contributed by atoms with Crippen LogP contribution in [0, 0.1) is 10.1 Å². The first-order valence-electron chi connectivity index (χ1n) is 6.34. The molecule has 0 amide bonds. The van der Waals surface area contributed by atoms with Gasteiger partial charge in [0, 0.05) is 22.6 Å². The van der Waals surface area contributed by atoms with Crippen LogP contribution >= 0.6 is 15.9 Å². The highest BCUT2D eigenvalue weighted by Gasteiger charge is 2.13. The molecule has 0 aliphatic heterocycles. The fourth-order valence-corrected chi connectivity index (χ4v) is 2.31. The first-order valence-corrected chi connectivity index (χ1v) is 7.13. The lowest BCUT2D eigenvalue weighted by Gasteiger charge is -2.06. The van der Waals surface area contributed by atoms with E-state index in [4.69, 9.17) is 0 Å². The zero-order chi connectivity index (χ0) is 14.4. The highest BCUT2D eigenvalue weighted by atomic mass is 79.9. The zero-order valence-electron chi connectivity index (χ0n) is 10.9. The molecule has 4 nitrogen and oxygen atoms in total. The summed E-state index contributed by atoms with van der Waals surface area (Å²) in [7, 11) is 0. The van der Waals surface area contributed by atoms with Crippen molar-refractivity contribution in [1.82, 2.24) is 5.32 Å². The lowest BCUT2D eigenvalue weighted by Crippen LogP contribution is -2.17. The molecule has 0 aromatic heterocycles. The Hall–Kier alpha value is -1.72. The van der Waals surface area contributed by atoms with E-state index in [1.807, 2.05) is 24.3 Å². The van der Waals surface area contributed by atoms with Gasteiger partial charge in [-0.05, 0) is 30.7 Å². The Morgan fingerprint density at radius 1 is 1.15 bits per heavy atom. The number of hydrogen-bond donors (Lipinski definition) is 1. The summed E-state index contributed by atoms with van der Waals surface area (Å²) in [5.41, 5.74) is 2.10. The van der Waals surface area contributed by atoms with Crippen molar-refractivity contribution in [1.29, 1.82) is 0 Å². The van der Waals surface area contributed by atoms with Gasteiger partial charge in [-0.1, -0.05) is 46.3 Å². The van der Waals surface area contributed by atoms with Crippen LogP contribution in [0.1, 0.15) is 11.1 Å². The first-order chi connectivity index (χ1) is 9.66. The van der Waals surface area contributed by atoms with Gasteiger partial charge in [0.05, 0.1) is 4.92 Å². The Bertz CT molecular complexity index is 588. The Morgan fingerprint density at radius 3 is 2.60 bits per heavy atom. The molecule has 20 heavy (non-hydrogen) atoms. The van der Waals surface area contributed by atoms with Crippen LogP contribution in [0.4, 0.5) is 5.69 Å². The summed E-state index contributed by atoms with van der Waals surface area (Å²) in [6.07, 6.45) is 0.908. The van der Waals surface area contributed by atoms with Crippen LogP contribution < -0.4 is 5.32 Å². The lowest BCUT2D eigenvalue weighted by atomic mass is 10.1. The van der Waals surface area contributed by atoms with Gasteiger partial charge in [0.25, 0.3) is 5.69 Å². The minimum atomic E-state index is -0.348. The zero-order valence-corrected chi connectivity index (χ0v) is 12.5.